The Morgan fingerprint density at radius 3 is 2.29 bits per heavy atom. The van der Waals surface area contributed by atoms with Crippen molar-refractivity contribution in [1.29, 1.82) is 0 Å². The van der Waals surface area contributed by atoms with E-state index in [4.69, 9.17) is 16.6 Å². The van der Waals surface area contributed by atoms with Crippen LogP contribution in [0.5, 0.6) is 0 Å². The van der Waals surface area contributed by atoms with E-state index in [1.165, 1.54) is 17.0 Å². The monoisotopic (exact) mass is 430 g/mol. The molecular formula is C25H16ClFN2O2. The van der Waals surface area contributed by atoms with Crippen LogP contribution in [0.25, 0.3) is 22.2 Å². The maximum absolute atomic E-state index is 13.9. The minimum absolute atomic E-state index is 0.187. The van der Waals surface area contributed by atoms with E-state index in [0.29, 0.717) is 39.3 Å². The predicted octanol–water partition coefficient (Wildman–Crippen LogP) is 5.53. The number of pyridine rings is 1. The first-order valence-corrected chi connectivity index (χ1v) is 10.2. The summed E-state index contributed by atoms with van der Waals surface area (Å²) >= 11 is 6.37. The SMILES string of the molecule is O=C1c2ccccc2C(=O)N1CCc1cc2c(Cl)cccc2nc1-c1cccc(F)c1. The number of hydrogen-bond acceptors (Lipinski definition) is 3. The summed E-state index contributed by atoms with van der Waals surface area (Å²) in [6, 6.07) is 20.3. The van der Waals surface area contributed by atoms with Crippen molar-refractivity contribution < 1.29 is 14.0 Å². The fourth-order valence-corrected chi connectivity index (χ4v) is 4.18. The van der Waals surface area contributed by atoms with E-state index in [1.54, 1.807) is 42.5 Å². The molecule has 4 aromatic rings. The van der Waals surface area contributed by atoms with Crippen LogP contribution in [-0.4, -0.2) is 28.2 Å². The average Bonchev–Trinajstić information content (AvgIpc) is 3.02. The van der Waals surface area contributed by atoms with Gasteiger partial charge in [0.2, 0.25) is 0 Å². The highest BCUT2D eigenvalue weighted by Crippen LogP contribution is 2.31. The van der Waals surface area contributed by atoms with Crippen LogP contribution in [-0.2, 0) is 6.42 Å². The number of fused-ring (bicyclic) bond motifs is 2. The number of rotatable bonds is 4. The molecule has 6 heteroatoms. The number of imide groups is 1. The molecule has 5 rings (SSSR count). The maximum Gasteiger partial charge on any atom is 0.261 e. The van der Waals surface area contributed by atoms with E-state index < -0.39 is 0 Å². The lowest BCUT2D eigenvalue weighted by Gasteiger charge is -2.16. The molecule has 0 fully saturated rings. The Labute approximate surface area is 182 Å². The van der Waals surface area contributed by atoms with Gasteiger partial charge in [0.25, 0.3) is 11.8 Å². The molecule has 0 unspecified atom stereocenters. The van der Waals surface area contributed by atoms with Gasteiger partial charge in [0.1, 0.15) is 5.82 Å². The van der Waals surface area contributed by atoms with Crippen molar-refractivity contribution in [1.82, 2.24) is 9.88 Å². The second-order valence-corrected chi connectivity index (χ2v) is 7.78. The van der Waals surface area contributed by atoms with Gasteiger partial charge in [-0.25, -0.2) is 9.37 Å². The molecule has 0 N–H and O–H groups in total. The van der Waals surface area contributed by atoms with Crippen molar-refractivity contribution >= 4 is 34.3 Å². The summed E-state index contributed by atoms with van der Waals surface area (Å²) in [7, 11) is 0. The van der Waals surface area contributed by atoms with Gasteiger partial charge in [-0.1, -0.05) is 41.9 Å². The fourth-order valence-electron chi connectivity index (χ4n) is 3.95. The molecule has 0 atom stereocenters. The zero-order chi connectivity index (χ0) is 21.5. The molecule has 0 radical (unpaired) electrons. The molecule has 2 amide bonds. The molecule has 0 spiro atoms. The van der Waals surface area contributed by atoms with Crippen molar-refractivity contribution in [3.63, 3.8) is 0 Å². The number of halogens is 2. The minimum Gasteiger partial charge on any atom is -0.274 e. The Bertz CT molecular complexity index is 1330. The molecule has 0 bridgehead atoms. The van der Waals surface area contributed by atoms with Crippen LogP contribution in [0.3, 0.4) is 0 Å². The predicted molar refractivity (Wildman–Crippen MR) is 118 cm³/mol. The second kappa shape index (κ2) is 7.60. The van der Waals surface area contributed by atoms with Crippen molar-refractivity contribution in [2.45, 2.75) is 6.42 Å². The highest BCUT2D eigenvalue weighted by Gasteiger charge is 2.34. The summed E-state index contributed by atoms with van der Waals surface area (Å²) in [6.45, 7) is 0.187. The summed E-state index contributed by atoms with van der Waals surface area (Å²) in [6.07, 6.45) is 0.367. The smallest absolute Gasteiger partial charge is 0.261 e. The number of nitrogens with zero attached hydrogens (tertiary/aromatic N) is 2. The van der Waals surface area contributed by atoms with Crippen LogP contribution in [0.2, 0.25) is 5.02 Å². The first-order chi connectivity index (χ1) is 15.0. The Morgan fingerprint density at radius 2 is 1.58 bits per heavy atom. The molecule has 0 saturated heterocycles. The van der Waals surface area contributed by atoms with Gasteiger partial charge in [0.05, 0.1) is 22.3 Å². The molecule has 1 aliphatic heterocycles. The zero-order valence-electron chi connectivity index (χ0n) is 16.3. The number of aromatic nitrogens is 1. The molecular weight excluding hydrogens is 415 g/mol. The molecule has 3 aromatic carbocycles. The van der Waals surface area contributed by atoms with Crippen LogP contribution in [0.1, 0.15) is 26.3 Å². The third-order valence-corrected chi connectivity index (χ3v) is 5.80. The van der Waals surface area contributed by atoms with Gasteiger partial charge in [-0.2, -0.15) is 0 Å². The Balaban J connectivity index is 1.55. The topological polar surface area (TPSA) is 50.3 Å². The lowest BCUT2D eigenvalue weighted by atomic mass is 10.0. The van der Waals surface area contributed by atoms with Crippen molar-refractivity contribution in [3.8, 4) is 11.3 Å². The molecule has 152 valence electrons. The van der Waals surface area contributed by atoms with Crippen molar-refractivity contribution in [3.05, 3.63) is 100 Å². The fraction of sp³-hybridized carbons (Fsp3) is 0.0800. The van der Waals surface area contributed by atoms with Gasteiger partial charge in [0.15, 0.2) is 0 Å². The molecule has 1 aliphatic rings. The minimum atomic E-state index is -0.364. The van der Waals surface area contributed by atoms with E-state index >= 15 is 0 Å². The third-order valence-electron chi connectivity index (χ3n) is 5.47. The summed E-state index contributed by atoms with van der Waals surface area (Å²) in [5, 5.41) is 1.32. The number of carbonyl (C=O) groups is 2. The maximum atomic E-state index is 13.9. The number of amides is 2. The molecule has 0 aliphatic carbocycles. The lowest BCUT2D eigenvalue weighted by molar-refractivity contribution is 0.0656. The van der Waals surface area contributed by atoms with Crippen molar-refractivity contribution in [2.24, 2.45) is 0 Å². The highest BCUT2D eigenvalue weighted by atomic mass is 35.5. The van der Waals surface area contributed by atoms with E-state index in [1.807, 2.05) is 18.2 Å². The largest absolute Gasteiger partial charge is 0.274 e. The molecule has 0 saturated carbocycles. The van der Waals surface area contributed by atoms with Gasteiger partial charge in [0, 0.05) is 22.5 Å². The first-order valence-electron chi connectivity index (χ1n) is 9.82. The van der Waals surface area contributed by atoms with Gasteiger partial charge in [-0.05, 0) is 54.4 Å². The van der Waals surface area contributed by atoms with Gasteiger partial charge in [-0.15, -0.1) is 0 Å². The van der Waals surface area contributed by atoms with Gasteiger partial charge >= 0.3 is 0 Å². The van der Waals surface area contributed by atoms with E-state index in [-0.39, 0.29) is 24.2 Å². The van der Waals surface area contributed by atoms with Crippen LogP contribution in [0, 0.1) is 5.82 Å². The zero-order valence-corrected chi connectivity index (χ0v) is 17.1. The van der Waals surface area contributed by atoms with E-state index in [2.05, 4.69) is 0 Å². The standard InChI is InChI=1S/C25H16ClFN2O2/c26-21-9-4-10-22-20(21)14-16(23(28-22)15-5-3-6-17(27)13-15)11-12-29-24(30)18-7-1-2-8-19(18)25(29)31/h1-10,13-14H,11-12H2. The quantitative estimate of drug-likeness (QED) is 0.400. The van der Waals surface area contributed by atoms with Gasteiger partial charge < -0.3 is 0 Å². The molecule has 31 heavy (non-hydrogen) atoms. The summed E-state index contributed by atoms with van der Waals surface area (Å²) < 4.78 is 13.9. The Kier molecular flexibility index (Phi) is 4.75. The number of carbonyl (C=O) groups excluding carboxylic acids is 2. The Hall–Kier alpha value is -3.57. The summed E-state index contributed by atoms with van der Waals surface area (Å²) in [5.74, 6) is -0.976. The first kappa shape index (κ1) is 19.4. The van der Waals surface area contributed by atoms with Gasteiger partial charge in [-0.3, -0.25) is 14.5 Å². The summed E-state index contributed by atoms with van der Waals surface area (Å²) in [4.78, 5) is 31.4. The highest BCUT2D eigenvalue weighted by molar-refractivity contribution is 6.35. The van der Waals surface area contributed by atoms with Crippen LogP contribution in [0.15, 0.2) is 72.8 Å². The molecule has 1 aromatic heterocycles. The van der Waals surface area contributed by atoms with Crippen LogP contribution >= 0.6 is 11.6 Å². The van der Waals surface area contributed by atoms with Crippen molar-refractivity contribution in [2.75, 3.05) is 6.54 Å². The number of hydrogen-bond donors (Lipinski definition) is 0. The molecule has 4 nitrogen and oxygen atoms in total. The third kappa shape index (κ3) is 3.37. The number of benzene rings is 3. The normalized spacial score (nSPS) is 13.2. The lowest BCUT2D eigenvalue weighted by Crippen LogP contribution is -2.31. The van der Waals surface area contributed by atoms with Crippen LogP contribution in [0.4, 0.5) is 4.39 Å². The van der Waals surface area contributed by atoms with E-state index in [0.717, 1.165) is 10.9 Å². The summed E-state index contributed by atoms with van der Waals surface area (Å²) in [5.41, 5.74) is 3.53. The Morgan fingerprint density at radius 1 is 0.871 bits per heavy atom. The molecule has 2 heterocycles. The second-order valence-electron chi connectivity index (χ2n) is 7.37. The van der Waals surface area contributed by atoms with E-state index in [9.17, 15) is 14.0 Å². The van der Waals surface area contributed by atoms with Crippen LogP contribution < -0.4 is 0 Å². The average molecular weight is 431 g/mol.